The number of carbonyl (C=O) groups is 3. The lowest BCUT2D eigenvalue weighted by Crippen LogP contribution is -2.61. The third kappa shape index (κ3) is 5.76. The molecule has 0 saturated heterocycles. The van der Waals surface area contributed by atoms with E-state index in [9.17, 15) is 14.4 Å². The number of carbonyl (C=O) groups excluding carboxylic acids is 3. The van der Waals surface area contributed by atoms with Gasteiger partial charge in [0, 0.05) is 22.5 Å². The third-order valence-electron chi connectivity index (χ3n) is 8.73. The van der Waals surface area contributed by atoms with Gasteiger partial charge in [-0.1, -0.05) is 36.4 Å². The van der Waals surface area contributed by atoms with Crippen LogP contribution in [0, 0.1) is 0 Å². The zero-order valence-corrected chi connectivity index (χ0v) is 26.4. The normalized spacial score (nSPS) is 27.0. The molecule has 6 atom stereocenters. The van der Waals surface area contributed by atoms with E-state index >= 15 is 0 Å². The van der Waals surface area contributed by atoms with Crippen LogP contribution < -0.4 is 32.6 Å². The molecule has 4 unspecified atom stereocenters. The maximum absolute atomic E-state index is 14.1. The van der Waals surface area contributed by atoms with E-state index in [1.807, 2.05) is 30.3 Å². The summed E-state index contributed by atoms with van der Waals surface area (Å²) in [5.41, 5.74) is 20.4. The predicted molar refractivity (Wildman–Crippen MR) is 173 cm³/mol. The number of nitrogens with one attached hydrogen (secondary N) is 2. The number of amides is 2. The summed E-state index contributed by atoms with van der Waals surface area (Å²) < 4.78 is 11.4. The smallest absolute Gasteiger partial charge is 0.407 e. The monoisotopic (exact) mass is 629 g/mol. The molecule has 45 heavy (non-hydrogen) atoms. The van der Waals surface area contributed by atoms with Gasteiger partial charge < -0.3 is 37.3 Å². The van der Waals surface area contributed by atoms with Crippen LogP contribution >= 0.6 is 11.8 Å². The molecule has 11 heteroatoms. The number of thioether (sulfide) groups is 1. The van der Waals surface area contributed by atoms with Crippen LogP contribution in [0.2, 0.25) is 0 Å². The maximum Gasteiger partial charge on any atom is 0.407 e. The van der Waals surface area contributed by atoms with Crippen molar-refractivity contribution in [3.05, 3.63) is 83.4 Å². The second-order valence-electron chi connectivity index (χ2n) is 12.9. The SMILES string of the molecule is CC(C)(C)OC(=O)N[C@H]1CCC[C@H]1NC(=O)C1Sc2c(N)ccc3c2C1C(N)C(=O)C3(N)c1ccc(Oc2ccccc2)cc1. The minimum atomic E-state index is -1.54. The van der Waals surface area contributed by atoms with Crippen molar-refractivity contribution in [3.8, 4) is 11.5 Å². The van der Waals surface area contributed by atoms with Gasteiger partial charge in [0.2, 0.25) is 5.91 Å². The van der Waals surface area contributed by atoms with E-state index in [4.69, 9.17) is 26.7 Å². The van der Waals surface area contributed by atoms with Crippen LogP contribution in [0.4, 0.5) is 10.5 Å². The lowest BCUT2D eigenvalue weighted by molar-refractivity contribution is -0.126. The number of alkyl carbamates (subject to hydrolysis) is 1. The molecule has 0 radical (unpaired) electrons. The number of rotatable bonds is 6. The number of anilines is 1. The van der Waals surface area contributed by atoms with Gasteiger partial charge >= 0.3 is 6.09 Å². The van der Waals surface area contributed by atoms with Crippen molar-refractivity contribution in [2.45, 2.75) is 85.4 Å². The Labute approximate surface area is 266 Å². The lowest BCUT2D eigenvalue weighted by Gasteiger charge is -2.41. The number of hydrogen-bond donors (Lipinski definition) is 5. The Morgan fingerprint density at radius 1 is 0.933 bits per heavy atom. The predicted octanol–water partition coefficient (Wildman–Crippen LogP) is 4.29. The first-order valence-corrected chi connectivity index (χ1v) is 16.1. The summed E-state index contributed by atoms with van der Waals surface area (Å²) in [6.07, 6.45) is 1.74. The van der Waals surface area contributed by atoms with Crippen molar-refractivity contribution in [1.82, 2.24) is 10.6 Å². The Morgan fingerprint density at radius 3 is 2.24 bits per heavy atom. The molecule has 0 aromatic heterocycles. The molecular weight excluding hydrogens is 590 g/mol. The summed E-state index contributed by atoms with van der Waals surface area (Å²) in [7, 11) is 0. The number of Topliss-reactive ketones (excluding diaryl/α,β-unsaturated/α-hetero) is 1. The van der Waals surface area contributed by atoms with Crippen molar-refractivity contribution in [3.63, 3.8) is 0 Å². The summed E-state index contributed by atoms with van der Waals surface area (Å²) in [4.78, 5) is 41.2. The standard InChI is InChI=1S/C34H39N5O5S/c1-33(2,3)44-32(42)39-24-11-7-10-23(24)38-31(41)29-26-25-21(16-17-22(35)28(25)45-29)34(37,30(40)27(26)36)18-12-14-20(15-13-18)43-19-8-5-4-6-9-19/h4-6,8-9,12-17,23-24,26-27,29H,7,10-11,35-37H2,1-3H3,(H,38,41)(H,39,42)/t23-,24+,26?,27?,29?,34?/m1/s1. The van der Waals surface area contributed by atoms with Crippen LogP contribution in [0.15, 0.2) is 71.6 Å². The summed E-state index contributed by atoms with van der Waals surface area (Å²) in [5, 5.41) is 5.34. The Morgan fingerprint density at radius 2 is 1.58 bits per heavy atom. The number of hydrogen-bond acceptors (Lipinski definition) is 9. The fourth-order valence-corrected chi connectivity index (χ4v) is 8.11. The number of para-hydroxylation sites is 1. The zero-order chi connectivity index (χ0) is 32.1. The number of nitrogens with two attached hydrogens (primary N) is 3. The first kappa shape index (κ1) is 30.9. The molecule has 2 aliphatic carbocycles. The van der Waals surface area contributed by atoms with Gasteiger partial charge in [0.15, 0.2) is 5.78 Å². The Balaban J connectivity index is 1.26. The third-order valence-corrected chi connectivity index (χ3v) is 10.2. The van der Waals surface area contributed by atoms with Crippen molar-refractivity contribution in [2.24, 2.45) is 11.5 Å². The van der Waals surface area contributed by atoms with E-state index in [0.29, 0.717) is 46.1 Å². The number of benzene rings is 3. The molecule has 2 amide bonds. The fourth-order valence-electron chi connectivity index (χ4n) is 6.66. The molecule has 3 aromatic carbocycles. The van der Waals surface area contributed by atoms with Gasteiger partial charge in [-0.15, -0.1) is 11.8 Å². The highest BCUT2D eigenvalue weighted by molar-refractivity contribution is 8.01. The van der Waals surface area contributed by atoms with Crippen molar-refractivity contribution >= 4 is 35.2 Å². The molecule has 1 fully saturated rings. The van der Waals surface area contributed by atoms with Gasteiger partial charge in [-0.05, 0) is 87.1 Å². The molecule has 236 valence electrons. The second kappa shape index (κ2) is 11.7. The van der Waals surface area contributed by atoms with E-state index in [2.05, 4.69) is 10.6 Å². The Kier molecular flexibility index (Phi) is 8.05. The largest absolute Gasteiger partial charge is 0.457 e. The Hall–Kier alpha value is -4.06. The zero-order valence-electron chi connectivity index (χ0n) is 25.5. The van der Waals surface area contributed by atoms with E-state index in [0.717, 1.165) is 12.0 Å². The fraction of sp³-hybridized carbons (Fsp3) is 0.382. The minimum absolute atomic E-state index is 0.260. The maximum atomic E-state index is 14.1. The molecule has 0 spiro atoms. The highest BCUT2D eigenvalue weighted by Gasteiger charge is 2.56. The van der Waals surface area contributed by atoms with Gasteiger partial charge in [-0.2, -0.15) is 0 Å². The lowest BCUT2D eigenvalue weighted by atomic mass is 9.65. The summed E-state index contributed by atoms with van der Waals surface area (Å²) >= 11 is 1.31. The average Bonchev–Trinajstić information content (AvgIpc) is 3.61. The number of ketones is 1. The van der Waals surface area contributed by atoms with Crippen molar-refractivity contribution < 1.29 is 23.9 Å². The topological polar surface area (TPSA) is 172 Å². The van der Waals surface area contributed by atoms with Crippen LogP contribution in [-0.4, -0.2) is 46.8 Å². The minimum Gasteiger partial charge on any atom is -0.457 e. The number of nitrogen functional groups attached to an aromatic ring is 1. The van der Waals surface area contributed by atoms with Crippen LogP contribution in [0.3, 0.4) is 0 Å². The quantitative estimate of drug-likeness (QED) is 0.249. The van der Waals surface area contributed by atoms with Crippen LogP contribution in [0.5, 0.6) is 11.5 Å². The first-order valence-electron chi connectivity index (χ1n) is 15.2. The summed E-state index contributed by atoms with van der Waals surface area (Å²) in [5.74, 6) is 0.0310. The Bertz CT molecular complexity index is 1630. The molecule has 1 saturated carbocycles. The van der Waals surface area contributed by atoms with Crippen molar-refractivity contribution in [2.75, 3.05) is 5.73 Å². The highest BCUT2D eigenvalue weighted by atomic mass is 32.2. The molecule has 3 aromatic rings. The van der Waals surface area contributed by atoms with Gasteiger partial charge in [0.05, 0.1) is 17.3 Å². The van der Waals surface area contributed by atoms with Gasteiger partial charge in [0.25, 0.3) is 0 Å². The van der Waals surface area contributed by atoms with Gasteiger partial charge in [0.1, 0.15) is 22.6 Å². The van der Waals surface area contributed by atoms with E-state index in [-0.39, 0.29) is 23.8 Å². The second-order valence-corrected chi connectivity index (χ2v) is 14.1. The molecule has 1 aliphatic heterocycles. The average molecular weight is 630 g/mol. The summed E-state index contributed by atoms with van der Waals surface area (Å²) in [6.45, 7) is 5.40. The molecule has 3 aliphatic rings. The summed E-state index contributed by atoms with van der Waals surface area (Å²) in [6, 6.07) is 18.4. The van der Waals surface area contributed by atoms with Crippen LogP contribution in [0.1, 0.15) is 62.6 Å². The van der Waals surface area contributed by atoms with Gasteiger partial charge in [-0.25, -0.2) is 4.79 Å². The molecule has 1 heterocycles. The molecule has 10 nitrogen and oxygen atoms in total. The highest BCUT2D eigenvalue weighted by Crippen LogP contribution is 2.56. The molecule has 6 rings (SSSR count). The van der Waals surface area contributed by atoms with Crippen LogP contribution in [-0.2, 0) is 19.9 Å². The van der Waals surface area contributed by atoms with E-state index in [1.54, 1.807) is 57.2 Å². The van der Waals surface area contributed by atoms with E-state index < -0.39 is 34.4 Å². The molecule has 8 N–H and O–H groups in total. The van der Waals surface area contributed by atoms with Crippen LogP contribution in [0.25, 0.3) is 0 Å². The van der Waals surface area contributed by atoms with E-state index in [1.165, 1.54) is 11.8 Å². The first-order chi connectivity index (χ1) is 21.4. The molecular formula is C34H39N5O5S. The van der Waals surface area contributed by atoms with Gasteiger partial charge in [-0.3, -0.25) is 9.59 Å². The molecule has 0 bridgehead atoms. The number of ether oxygens (including phenoxy) is 2. The van der Waals surface area contributed by atoms with Crippen molar-refractivity contribution in [1.29, 1.82) is 0 Å².